The maximum atomic E-state index is 10.4. The second-order valence-electron chi connectivity index (χ2n) is 5.71. The number of ether oxygens (including phenoxy) is 1. The summed E-state index contributed by atoms with van der Waals surface area (Å²) in [5.41, 5.74) is 0. The van der Waals surface area contributed by atoms with E-state index in [4.69, 9.17) is 4.74 Å². The topological polar surface area (TPSA) is 26.3 Å². The van der Waals surface area contributed by atoms with Crippen LogP contribution in [0.25, 0.3) is 0 Å². The number of rotatable bonds is 3. The van der Waals surface area contributed by atoms with Crippen molar-refractivity contribution in [3.05, 3.63) is 12.2 Å². The van der Waals surface area contributed by atoms with Gasteiger partial charge in [0.15, 0.2) is 0 Å². The average molecular weight is 220 g/mol. The van der Waals surface area contributed by atoms with Gasteiger partial charge in [-0.25, -0.2) is 0 Å². The van der Waals surface area contributed by atoms with Crippen molar-refractivity contribution in [2.45, 2.75) is 44.6 Å². The third kappa shape index (κ3) is 1.68. The first-order valence-corrected chi connectivity index (χ1v) is 6.62. The van der Waals surface area contributed by atoms with E-state index in [0.29, 0.717) is 12.4 Å². The van der Waals surface area contributed by atoms with Crippen molar-refractivity contribution in [3.63, 3.8) is 0 Å². The Balaban J connectivity index is 1.62. The fourth-order valence-electron chi connectivity index (χ4n) is 4.29. The summed E-state index contributed by atoms with van der Waals surface area (Å²) >= 11 is 0. The van der Waals surface area contributed by atoms with Gasteiger partial charge in [-0.3, -0.25) is 4.79 Å². The van der Waals surface area contributed by atoms with E-state index in [1.54, 1.807) is 0 Å². The van der Waals surface area contributed by atoms with Gasteiger partial charge < -0.3 is 4.74 Å². The Morgan fingerprint density at radius 1 is 1.06 bits per heavy atom. The van der Waals surface area contributed by atoms with E-state index in [9.17, 15) is 4.79 Å². The highest BCUT2D eigenvalue weighted by atomic mass is 16.5. The quantitative estimate of drug-likeness (QED) is 0.540. The molecule has 0 N–H and O–H groups in total. The van der Waals surface area contributed by atoms with Crippen LogP contribution in [-0.2, 0) is 9.53 Å². The molecular weight excluding hydrogens is 200 g/mol. The Morgan fingerprint density at radius 3 is 2.62 bits per heavy atom. The van der Waals surface area contributed by atoms with Gasteiger partial charge in [-0.2, -0.15) is 0 Å². The first kappa shape index (κ1) is 10.4. The lowest BCUT2D eigenvalue weighted by Crippen LogP contribution is -2.29. The fraction of sp³-hybridized carbons (Fsp3) is 0.786. The van der Waals surface area contributed by atoms with Crippen molar-refractivity contribution in [2.75, 3.05) is 0 Å². The Morgan fingerprint density at radius 2 is 2.00 bits per heavy atom. The predicted octanol–water partition coefficient (Wildman–Crippen LogP) is 2.93. The van der Waals surface area contributed by atoms with Gasteiger partial charge in [0.1, 0.15) is 6.10 Å². The van der Waals surface area contributed by atoms with Crippen molar-refractivity contribution >= 4 is 6.47 Å². The molecule has 0 aromatic rings. The standard InChI is InChI=1S/C14H20O2/c15-9-16-14-8-11-6-12(14)7-13(11)10-4-2-1-3-5-10/h1-2,9-14H,3-8H2/t10?,11-,12-,13-,14+/m1/s1. The van der Waals surface area contributed by atoms with Crippen LogP contribution < -0.4 is 0 Å². The van der Waals surface area contributed by atoms with Crippen LogP contribution >= 0.6 is 0 Å². The zero-order valence-electron chi connectivity index (χ0n) is 9.68. The van der Waals surface area contributed by atoms with Crippen LogP contribution in [0.15, 0.2) is 12.2 Å². The second-order valence-corrected chi connectivity index (χ2v) is 5.71. The molecule has 0 amide bonds. The van der Waals surface area contributed by atoms with Gasteiger partial charge in [-0.1, -0.05) is 12.2 Å². The molecule has 16 heavy (non-hydrogen) atoms. The fourth-order valence-corrected chi connectivity index (χ4v) is 4.29. The van der Waals surface area contributed by atoms with Gasteiger partial charge in [0.05, 0.1) is 0 Å². The Kier molecular flexibility index (Phi) is 2.74. The molecule has 0 spiro atoms. The Bertz CT molecular complexity index is 297. The van der Waals surface area contributed by atoms with Crippen LogP contribution in [0.3, 0.4) is 0 Å². The SMILES string of the molecule is O=CO[C@H]1C[C@H]2C[C@@H]1C[C@@H]2C1CC=CCC1. The van der Waals surface area contributed by atoms with Gasteiger partial charge in [0.2, 0.25) is 0 Å². The highest BCUT2D eigenvalue weighted by Gasteiger charge is 2.48. The zero-order chi connectivity index (χ0) is 11.0. The lowest BCUT2D eigenvalue weighted by molar-refractivity contribution is -0.136. The maximum Gasteiger partial charge on any atom is 0.293 e. The van der Waals surface area contributed by atoms with Crippen LogP contribution in [-0.4, -0.2) is 12.6 Å². The number of carbonyl (C=O) groups is 1. The molecule has 3 rings (SSSR count). The molecule has 0 aliphatic heterocycles. The van der Waals surface area contributed by atoms with Crippen LogP contribution in [0.4, 0.5) is 0 Å². The van der Waals surface area contributed by atoms with E-state index in [0.717, 1.165) is 24.2 Å². The molecular formula is C14H20O2. The third-order valence-electron chi connectivity index (χ3n) is 4.99. The molecule has 2 nitrogen and oxygen atoms in total. The molecule has 3 aliphatic carbocycles. The first-order valence-electron chi connectivity index (χ1n) is 6.62. The second kappa shape index (κ2) is 4.23. The molecule has 88 valence electrons. The van der Waals surface area contributed by atoms with Gasteiger partial charge in [0, 0.05) is 0 Å². The van der Waals surface area contributed by atoms with E-state index < -0.39 is 0 Å². The van der Waals surface area contributed by atoms with E-state index in [2.05, 4.69) is 12.2 Å². The molecule has 0 radical (unpaired) electrons. The van der Waals surface area contributed by atoms with Crippen LogP contribution in [0.1, 0.15) is 38.5 Å². The largest absolute Gasteiger partial charge is 0.464 e. The summed E-state index contributed by atoms with van der Waals surface area (Å²) in [6, 6.07) is 0. The molecule has 0 aromatic carbocycles. The van der Waals surface area contributed by atoms with E-state index in [-0.39, 0.29) is 6.10 Å². The summed E-state index contributed by atoms with van der Waals surface area (Å²) < 4.78 is 5.18. The molecule has 0 heterocycles. The number of hydrogen-bond acceptors (Lipinski definition) is 2. The van der Waals surface area contributed by atoms with Crippen molar-refractivity contribution in [1.29, 1.82) is 0 Å². The number of carbonyl (C=O) groups excluding carboxylic acids is 1. The number of hydrogen-bond donors (Lipinski definition) is 0. The normalized spacial score (nSPS) is 45.9. The number of allylic oxidation sites excluding steroid dienone is 2. The maximum absolute atomic E-state index is 10.4. The van der Waals surface area contributed by atoms with Crippen molar-refractivity contribution < 1.29 is 9.53 Å². The lowest BCUT2D eigenvalue weighted by atomic mass is 9.74. The molecule has 5 atom stereocenters. The smallest absolute Gasteiger partial charge is 0.293 e. The summed E-state index contributed by atoms with van der Waals surface area (Å²) in [4.78, 5) is 10.4. The minimum atomic E-state index is 0.248. The van der Waals surface area contributed by atoms with Crippen molar-refractivity contribution in [1.82, 2.24) is 0 Å². The van der Waals surface area contributed by atoms with Crippen LogP contribution in [0, 0.1) is 23.7 Å². The first-order chi connectivity index (χ1) is 7.88. The molecule has 0 saturated heterocycles. The van der Waals surface area contributed by atoms with Crippen LogP contribution in [0.2, 0.25) is 0 Å². The summed E-state index contributed by atoms with van der Waals surface area (Å²) in [5.74, 6) is 3.34. The highest BCUT2D eigenvalue weighted by Crippen LogP contribution is 2.53. The summed E-state index contributed by atoms with van der Waals surface area (Å²) in [7, 11) is 0. The minimum Gasteiger partial charge on any atom is -0.464 e. The Hall–Kier alpha value is -0.790. The highest BCUT2D eigenvalue weighted by molar-refractivity contribution is 5.37. The predicted molar refractivity (Wildman–Crippen MR) is 61.7 cm³/mol. The zero-order valence-corrected chi connectivity index (χ0v) is 9.68. The summed E-state index contributed by atoms with van der Waals surface area (Å²) in [6.07, 6.45) is 12.6. The molecule has 2 bridgehead atoms. The van der Waals surface area contributed by atoms with Crippen molar-refractivity contribution in [3.8, 4) is 0 Å². The van der Waals surface area contributed by atoms with E-state index in [1.807, 2.05) is 0 Å². The van der Waals surface area contributed by atoms with Crippen LogP contribution in [0.5, 0.6) is 0 Å². The van der Waals surface area contributed by atoms with Gasteiger partial charge in [-0.05, 0) is 62.2 Å². The number of fused-ring (bicyclic) bond motifs is 2. The minimum absolute atomic E-state index is 0.248. The molecule has 3 aliphatic rings. The monoisotopic (exact) mass is 220 g/mol. The van der Waals surface area contributed by atoms with E-state index >= 15 is 0 Å². The average Bonchev–Trinajstić information content (AvgIpc) is 2.90. The summed E-state index contributed by atoms with van der Waals surface area (Å²) in [5, 5.41) is 0. The van der Waals surface area contributed by atoms with Gasteiger partial charge >= 0.3 is 0 Å². The third-order valence-corrected chi connectivity index (χ3v) is 4.99. The lowest BCUT2D eigenvalue weighted by Gasteiger charge is -2.33. The van der Waals surface area contributed by atoms with E-state index in [1.165, 1.54) is 32.1 Å². The van der Waals surface area contributed by atoms with Gasteiger partial charge in [0.25, 0.3) is 6.47 Å². The van der Waals surface area contributed by atoms with Gasteiger partial charge in [-0.15, -0.1) is 0 Å². The molecule has 1 unspecified atom stereocenters. The molecule has 0 aromatic heterocycles. The molecule has 2 fully saturated rings. The van der Waals surface area contributed by atoms with Crippen molar-refractivity contribution in [2.24, 2.45) is 23.7 Å². The molecule has 2 heteroatoms. The molecule has 2 saturated carbocycles. The summed E-state index contributed by atoms with van der Waals surface area (Å²) in [6.45, 7) is 0.643. The Labute approximate surface area is 97.1 Å².